The Morgan fingerprint density at radius 1 is 1.11 bits per heavy atom. The fraction of sp³-hybridized carbons (Fsp3) is 0.625. The third-order valence-corrected chi connectivity index (χ3v) is 3.84. The lowest BCUT2D eigenvalue weighted by Gasteiger charge is -2.34. The molecule has 2 unspecified atom stereocenters. The van der Waals surface area contributed by atoms with E-state index in [1.54, 1.807) is 12.1 Å². The van der Waals surface area contributed by atoms with Gasteiger partial charge in [0.2, 0.25) is 6.43 Å². The lowest BCUT2D eigenvalue weighted by atomic mass is 9.78. The molecule has 1 rings (SSSR count). The summed E-state index contributed by atoms with van der Waals surface area (Å²) >= 11 is 0. The summed E-state index contributed by atoms with van der Waals surface area (Å²) in [5.41, 5.74) is 0.289. The van der Waals surface area contributed by atoms with Gasteiger partial charge in [-0.2, -0.15) is 0 Å². The summed E-state index contributed by atoms with van der Waals surface area (Å²) in [5.74, 6) is -0.682. The van der Waals surface area contributed by atoms with Crippen molar-refractivity contribution in [2.45, 2.75) is 58.5 Å². The highest BCUT2D eigenvalue weighted by Crippen LogP contribution is 2.38. The summed E-state index contributed by atoms with van der Waals surface area (Å²) in [5, 5.41) is 10.7. The largest absolute Gasteiger partial charge is 0.385 e. The van der Waals surface area contributed by atoms with E-state index in [9.17, 15) is 13.9 Å². The molecule has 0 saturated heterocycles. The van der Waals surface area contributed by atoms with Crippen LogP contribution in [0.4, 0.5) is 8.78 Å². The van der Waals surface area contributed by atoms with E-state index < -0.39 is 17.9 Å². The molecule has 0 heterocycles. The Labute approximate surface area is 114 Å². The molecule has 1 aromatic carbocycles. The number of rotatable bonds is 6. The molecule has 1 N–H and O–H groups in total. The Morgan fingerprint density at radius 2 is 1.63 bits per heavy atom. The van der Waals surface area contributed by atoms with Crippen molar-refractivity contribution in [2.24, 2.45) is 5.92 Å². The summed E-state index contributed by atoms with van der Waals surface area (Å²) in [7, 11) is 0. The Kier molecular flexibility index (Phi) is 5.48. The van der Waals surface area contributed by atoms with Gasteiger partial charge in [-0.1, -0.05) is 58.4 Å². The maximum Gasteiger partial charge on any atom is 0.244 e. The first-order valence-corrected chi connectivity index (χ1v) is 6.93. The van der Waals surface area contributed by atoms with E-state index >= 15 is 0 Å². The predicted octanol–water partition coefficient (Wildman–Crippen LogP) is 4.70. The van der Waals surface area contributed by atoms with Gasteiger partial charge in [-0.3, -0.25) is 0 Å². The molecular weight excluding hydrogens is 246 g/mol. The third kappa shape index (κ3) is 3.53. The van der Waals surface area contributed by atoms with Crippen LogP contribution in [0.3, 0.4) is 0 Å². The maximum absolute atomic E-state index is 13.0. The van der Waals surface area contributed by atoms with Crippen molar-refractivity contribution >= 4 is 0 Å². The zero-order chi connectivity index (χ0) is 14.6. The van der Waals surface area contributed by atoms with Crippen LogP contribution in [0.15, 0.2) is 24.3 Å². The Bertz CT molecular complexity index is 386. The summed E-state index contributed by atoms with van der Waals surface area (Å²) in [6.45, 7) is 7.46. The van der Waals surface area contributed by atoms with E-state index in [1.807, 2.05) is 19.1 Å². The average molecular weight is 270 g/mol. The van der Waals surface area contributed by atoms with Crippen LogP contribution >= 0.6 is 0 Å². The molecule has 0 aliphatic rings. The lowest BCUT2D eigenvalue weighted by molar-refractivity contribution is -0.0879. The molecule has 1 aromatic rings. The molecule has 0 radical (unpaired) electrons. The highest BCUT2D eigenvalue weighted by atomic mass is 19.3. The van der Waals surface area contributed by atoms with E-state index in [2.05, 4.69) is 13.8 Å². The standard InChI is InChI=1S/C16H24F2O/c1-5-10-16(19,12(4)15(17)18)14-8-6-13(7-9-14)11(2)3/h6-9,11-12,15,19H,5,10H2,1-4H3. The quantitative estimate of drug-likeness (QED) is 0.794. The maximum atomic E-state index is 13.0. The van der Waals surface area contributed by atoms with Gasteiger partial charge in [0.05, 0.1) is 11.5 Å². The van der Waals surface area contributed by atoms with Gasteiger partial charge in [0.1, 0.15) is 0 Å². The van der Waals surface area contributed by atoms with Crippen LogP contribution in [0.1, 0.15) is 57.6 Å². The number of halogens is 2. The fourth-order valence-corrected chi connectivity index (χ4v) is 2.38. The normalized spacial score (nSPS) is 16.7. The number of benzene rings is 1. The van der Waals surface area contributed by atoms with Crippen molar-refractivity contribution in [1.29, 1.82) is 0 Å². The molecule has 108 valence electrons. The Balaban J connectivity index is 3.11. The second kappa shape index (κ2) is 6.47. The molecule has 0 saturated carbocycles. The third-order valence-electron chi connectivity index (χ3n) is 3.84. The topological polar surface area (TPSA) is 20.2 Å². The first kappa shape index (κ1) is 16.1. The summed E-state index contributed by atoms with van der Waals surface area (Å²) in [6.07, 6.45) is -1.51. The Morgan fingerprint density at radius 3 is 2.00 bits per heavy atom. The van der Waals surface area contributed by atoms with Crippen LogP contribution in [0.25, 0.3) is 0 Å². The van der Waals surface area contributed by atoms with E-state index in [1.165, 1.54) is 6.92 Å². The molecule has 2 atom stereocenters. The first-order valence-electron chi connectivity index (χ1n) is 6.93. The summed E-state index contributed by atoms with van der Waals surface area (Å²) in [4.78, 5) is 0. The number of alkyl halides is 2. The SMILES string of the molecule is CCCC(O)(c1ccc(C(C)C)cc1)C(C)C(F)F. The number of aliphatic hydroxyl groups is 1. The van der Waals surface area contributed by atoms with Crippen LogP contribution in [0, 0.1) is 5.92 Å². The highest BCUT2D eigenvalue weighted by Gasteiger charge is 2.39. The van der Waals surface area contributed by atoms with Crippen molar-refractivity contribution in [3.63, 3.8) is 0 Å². The van der Waals surface area contributed by atoms with Gasteiger partial charge in [0, 0.05) is 0 Å². The molecule has 3 heteroatoms. The van der Waals surface area contributed by atoms with Crippen LogP contribution in [-0.2, 0) is 5.60 Å². The van der Waals surface area contributed by atoms with Crippen molar-refractivity contribution < 1.29 is 13.9 Å². The number of hydrogen-bond acceptors (Lipinski definition) is 1. The predicted molar refractivity (Wildman–Crippen MR) is 74.5 cm³/mol. The van der Waals surface area contributed by atoms with Crippen molar-refractivity contribution in [2.75, 3.05) is 0 Å². The van der Waals surface area contributed by atoms with Gasteiger partial charge in [0.15, 0.2) is 0 Å². The van der Waals surface area contributed by atoms with Crippen LogP contribution < -0.4 is 0 Å². The minimum atomic E-state index is -2.53. The number of hydrogen-bond donors (Lipinski definition) is 1. The second-order valence-corrected chi connectivity index (χ2v) is 5.57. The molecule has 0 amide bonds. The second-order valence-electron chi connectivity index (χ2n) is 5.57. The summed E-state index contributed by atoms with van der Waals surface area (Å²) in [6, 6.07) is 7.39. The lowest BCUT2D eigenvalue weighted by Crippen LogP contribution is -2.37. The molecule has 0 bridgehead atoms. The average Bonchev–Trinajstić information content (AvgIpc) is 2.38. The molecule has 0 aliphatic heterocycles. The van der Waals surface area contributed by atoms with Gasteiger partial charge in [-0.15, -0.1) is 0 Å². The fourth-order valence-electron chi connectivity index (χ4n) is 2.38. The molecule has 0 aliphatic carbocycles. The van der Waals surface area contributed by atoms with Gasteiger partial charge in [-0.05, 0) is 23.5 Å². The molecule has 0 aromatic heterocycles. The highest BCUT2D eigenvalue weighted by molar-refractivity contribution is 5.29. The minimum absolute atomic E-state index is 0.347. The van der Waals surface area contributed by atoms with Crippen LogP contribution in [-0.4, -0.2) is 11.5 Å². The first-order chi connectivity index (χ1) is 8.82. The molecule has 1 nitrogen and oxygen atoms in total. The van der Waals surface area contributed by atoms with Crippen LogP contribution in [0.5, 0.6) is 0 Å². The van der Waals surface area contributed by atoms with E-state index in [-0.39, 0.29) is 0 Å². The van der Waals surface area contributed by atoms with E-state index in [0.717, 1.165) is 5.56 Å². The van der Waals surface area contributed by atoms with Crippen molar-refractivity contribution in [1.82, 2.24) is 0 Å². The molecule has 0 spiro atoms. The zero-order valence-corrected chi connectivity index (χ0v) is 12.2. The monoisotopic (exact) mass is 270 g/mol. The smallest absolute Gasteiger partial charge is 0.244 e. The molecule has 0 fully saturated rings. The molecular formula is C16H24F2O. The van der Waals surface area contributed by atoms with Crippen LogP contribution in [0.2, 0.25) is 0 Å². The van der Waals surface area contributed by atoms with Gasteiger partial charge >= 0.3 is 0 Å². The Hall–Kier alpha value is -0.960. The molecule has 19 heavy (non-hydrogen) atoms. The van der Waals surface area contributed by atoms with Crippen molar-refractivity contribution in [3.05, 3.63) is 35.4 Å². The zero-order valence-electron chi connectivity index (χ0n) is 12.2. The van der Waals surface area contributed by atoms with Gasteiger partial charge in [0.25, 0.3) is 0 Å². The van der Waals surface area contributed by atoms with E-state index in [4.69, 9.17) is 0 Å². The van der Waals surface area contributed by atoms with Gasteiger partial charge < -0.3 is 5.11 Å². The van der Waals surface area contributed by atoms with Gasteiger partial charge in [-0.25, -0.2) is 8.78 Å². The van der Waals surface area contributed by atoms with Crippen molar-refractivity contribution in [3.8, 4) is 0 Å². The summed E-state index contributed by atoms with van der Waals surface area (Å²) < 4.78 is 26.0. The van der Waals surface area contributed by atoms with E-state index in [0.29, 0.717) is 24.3 Å². The minimum Gasteiger partial charge on any atom is -0.385 e.